The van der Waals surface area contributed by atoms with Crippen molar-refractivity contribution in [1.29, 1.82) is 0 Å². The molecule has 0 aliphatic carbocycles. The molecule has 70 valence electrons. The maximum atomic E-state index is 10.4. The van der Waals surface area contributed by atoms with Crippen LogP contribution in [-0.4, -0.2) is 33.8 Å². The van der Waals surface area contributed by atoms with Gasteiger partial charge in [0.1, 0.15) is 0 Å². The van der Waals surface area contributed by atoms with Crippen LogP contribution in [0.4, 0.5) is 0 Å². The number of carbonyl (C=O) groups is 1. The quantitative estimate of drug-likeness (QED) is 0.681. The number of carboxylic acid groups (broad SMARTS) is 1. The van der Waals surface area contributed by atoms with E-state index in [2.05, 4.69) is 0 Å². The Morgan fingerprint density at radius 3 is 2.75 bits per heavy atom. The summed E-state index contributed by atoms with van der Waals surface area (Å²) in [6.07, 6.45) is 1.28. The Balaban J connectivity index is 2.41. The molecule has 0 saturated carbocycles. The molecular formula is C8H14O3S. The smallest absolute Gasteiger partial charge is 0.303 e. The number of carboxylic acids is 1. The largest absolute Gasteiger partial charge is 0.481 e. The number of thioether (sulfide) groups is 1. The summed E-state index contributed by atoms with van der Waals surface area (Å²) in [6.45, 7) is 0. The lowest BCUT2D eigenvalue weighted by molar-refractivity contribution is -0.139. The lowest BCUT2D eigenvalue weighted by Gasteiger charge is -2.17. The van der Waals surface area contributed by atoms with Crippen molar-refractivity contribution < 1.29 is 15.0 Å². The Bertz CT molecular complexity index is 160. The zero-order valence-electron chi connectivity index (χ0n) is 6.90. The van der Waals surface area contributed by atoms with Gasteiger partial charge in [-0.25, -0.2) is 0 Å². The number of aliphatic hydroxyl groups excluding tert-OH is 1. The van der Waals surface area contributed by atoms with E-state index in [0.717, 1.165) is 24.3 Å². The molecule has 1 fully saturated rings. The molecule has 0 spiro atoms. The lowest BCUT2D eigenvalue weighted by atomic mass is 9.94. The maximum absolute atomic E-state index is 10.4. The van der Waals surface area contributed by atoms with Crippen molar-refractivity contribution in [1.82, 2.24) is 0 Å². The Morgan fingerprint density at radius 1 is 1.42 bits per heavy atom. The fourth-order valence-corrected chi connectivity index (χ4v) is 2.51. The third kappa shape index (κ3) is 3.03. The van der Waals surface area contributed by atoms with Gasteiger partial charge in [0, 0.05) is 0 Å². The minimum absolute atomic E-state index is 0.0301. The van der Waals surface area contributed by atoms with Gasteiger partial charge in [-0.1, -0.05) is 0 Å². The second kappa shape index (κ2) is 4.72. The van der Waals surface area contributed by atoms with Gasteiger partial charge in [-0.05, 0) is 30.3 Å². The summed E-state index contributed by atoms with van der Waals surface area (Å²) >= 11 is 1.80. The van der Waals surface area contributed by atoms with Gasteiger partial charge in [-0.2, -0.15) is 11.8 Å². The third-order valence-corrected chi connectivity index (χ3v) is 3.22. The van der Waals surface area contributed by atoms with Gasteiger partial charge in [0.2, 0.25) is 0 Å². The van der Waals surface area contributed by atoms with Crippen molar-refractivity contribution >= 4 is 17.7 Å². The molecule has 3 nitrogen and oxygen atoms in total. The predicted molar refractivity (Wildman–Crippen MR) is 48.3 cm³/mol. The minimum atomic E-state index is -0.800. The molecule has 2 unspecified atom stereocenters. The number of hydrogen-bond donors (Lipinski definition) is 2. The normalized spacial score (nSPS) is 31.1. The Hall–Kier alpha value is -0.220. The van der Waals surface area contributed by atoms with Crippen LogP contribution in [0.3, 0.4) is 0 Å². The molecule has 0 bridgehead atoms. The van der Waals surface area contributed by atoms with Gasteiger partial charge in [0.05, 0.1) is 12.5 Å². The molecule has 1 rings (SSSR count). The van der Waals surface area contributed by atoms with Crippen molar-refractivity contribution in [3.8, 4) is 0 Å². The van der Waals surface area contributed by atoms with E-state index in [1.54, 1.807) is 11.8 Å². The first-order valence-electron chi connectivity index (χ1n) is 4.17. The van der Waals surface area contributed by atoms with Crippen LogP contribution in [0.2, 0.25) is 0 Å². The van der Waals surface area contributed by atoms with Gasteiger partial charge in [-0.15, -0.1) is 0 Å². The molecular weight excluding hydrogens is 176 g/mol. The molecule has 1 saturated heterocycles. The van der Waals surface area contributed by atoms with E-state index in [0.29, 0.717) is 0 Å². The van der Waals surface area contributed by atoms with Crippen molar-refractivity contribution in [3.63, 3.8) is 0 Å². The average Bonchev–Trinajstić information content (AvgIpc) is 2.16. The summed E-state index contributed by atoms with van der Waals surface area (Å²) in [5.41, 5.74) is 0. The van der Waals surface area contributed by atoms with Crippen LogP contribution in [0.1, 0.15) is 19.3 Å². The fourth-order valence-electron chi connectivity index (χ4n) is 1.43. The van der Waals surface area contributed by atoms with E-state index in [4.69, 9.17) is 5.11 Å². The van der Waals surface area contributed by atoms with Crippen LogP contribution in [0.5, 0.6) is 0 Å². The Labute approximate surface area is 76.2 Å². The van der Waals surface area contributed by atoms with Crippen LogP contribution >= 0.6 is 11.8 Å². The van der Waals surface area contributed by atoms with Crippen molar-refractivity contribution in [2.24, 2.45) is 5.92 Å². The third-order valence-electron chi connectivity index (χ3n) is 2.17. The summed E-state index contributed by atoms with van der Waals surface area (Å²) < 4.78 is 0. The second-order valence-electron chi connectivity index (χ2n) is 3.12. The van der Waals surface area contributed by atoms with Gasteiger partial charge in [-0.3, -0.25) is 4.79 Å². The summed E-state index contributed by atoms with van der Waals surface area (Å²) in [6, 6.07) is 0. The molecule has 2 N–H and O–H groups in total. The molecule has 12 heavy (non-hydrogen) atoms. The number of rotatable bonds is 2. The standard InChI is InChI=1S/C8H14O3S/c9-7-2-4-12-3-1-6(7)5-8(10)11/h6-7,9H,1-5H2,(H,10,11). The summed E-state index contributed by atoms with van der Waals surface area (Å²) in [4.78, 5) is 10.4. The first kappa shape index (κ1) is 9.86. The summed E-state index contributed by atoms with van der Waals surface area (Å²) in [7, 11) is 0. The number of aliphatic hydroxyl groups is 1. The first-order valence-corrected chi connectivity index (χ1v) is 5.33. The van der Waals surface area contributed by atoms with Crippen LogP contribution in [0, 0.1) is 5.92 Å². The SMILES string of the molecule is O=C(O)CC1CCSCCC1O. The maximum Gasteiger partial charge on any atom is 0.303 e. The van der Waals surface area contributed by atoms with Gasteiger partial charge < -0.3 is 10.2 Å². The molecule has 1 aliphatic heterocycles. The monoisotopic (exact) mass is 190 g/mol. The number of hydrogen-bond acceptors (Lipinski definition) is 3. The second-order valence-corrected chi connectivity index (χ2v) is 4.34. The van der Waals surface area contributed by atoms with E-state index in [1.165, 1.54) is 0 Å². The molecule has 1 heterocycles. The summed E-state index contributed by atoms with van der Waals surface area (Å²) in [5.74, 6) is 1.11. The van der Waals surface area contributed by atoms with Crippen LogP contribution in [-0.2, 0) is 4.79 Å². The fraction of sp³-hybridized carbons (Fsp3) is 0.875. The Kier molecular flexibility index (Phi) is 3.88. The topological polar surface area (TPSA) is 57.5 Å². The minimum Gasteiger partial charge on any atom is -0.481 e. The van der Waals surface area contributed by atoms with Crippen LogP contribution in [0.15, 0.2) is 0 Å². The zero-order valence-corrected chi connectivity index (χ0v) is 7.72. The molecule has 0 radical (unpaired) electrons. The first-order chi connectivity index (χ1) is 5.70. The van der Waals surface area contributed by atoms with Gasteiger partial charge in [0.15, 0.2) is 0 Å². The van der Waals surface area contributed by atoms with E-state index < -0.39 is 12.1 Å². The van der Waals surface area contributed by atoms with Crippen molar-refractivity contribution in [2.75, 3.05) is 11.5 Å². The van der Waals surface area contributed by atoms with Gasteiger partial charge in [0.25, 0.3) is 0 Å². The van der Waals surface area contributed by atoms with Crippen molar-refractivity contribution in [3.05, 3.63) is 0 Å². The highest BCUT2D eigenvalue weighted by molar-refractivity contribution is 7.99. The highest BCUT2D eigenvalue weighted by Crippen LogP contribution is 2.24. The Morgan fingerprint density at radius 2 is 2.08 bits per heavy atom. The number of aliphatic carboxylic acids is 1. The molecule has 0 amide bonds. The molecule has 4 heteroatoms. The van der Waals surface area contributed by atoms with E-state index in [1.807, 2.05) is 0 Å². The molecule has 0 aromatic heterocycles. The highest BCUT2D eigenvalue weighted by atomic mass is 32.2. The predicted octanol–water partition coefficient (Wildman–Crippen LogP) is 0.965. The zero-order chi connectivity index (χ0) is 8.97. The average molecular weight is 190 g/mol. The van der Waals surface area contributed by atoms with E-state index in [9.17, 15) is 9.90 Å². The molecule has 0 aromatic rings. The highest BCUT2D eigenvalue weighted by Gasteiger charge is 2.23. The summed E-state index contributed by atoms with van der Waals surface area (Å²) in [5, 5.41) is 18.1. The van der Waals surface area contributed by atoms with E-state index >= 15 is 0 Å². The molecule has 0 aromatic carbocycles. The van der Waals surface area contributed by atoms with Crippen LogP contribution < -0.4 is 0 Å². The molecule has 2 atom stereocenters. The van der Waals surface area contributed by atoms with Crippen LogP contribution in [0.25, 0.3) is 0 Å². The van der Waals surface area contributed by atoms with Crippen molar-refractivity contribution in [2.45, 2.75) is 25.4 Å². The lowest BCUT2D eigenvalue weighted by Crippen LogP contribution is -2.22. The van der Waals surface area contributed by atoms with Gasteiger partial charge >= 0.3 is 5.97 Å². The van der Waals surface area contributed by atoms with E-state index in [-0.39, 0.29) is 12.3 Å². The molecule has 1 aliphatic rings.